The second-order valence-corrected chi connectivity index (χ2v) is 4.83. The molecule has 0 amide bonds. The molecule has 100 valence electrons. The third-order valence-electron chi connectivity index (χ3n) is 3.17. The van der Waals surface area contributed by atoms with Crippen LogP contribution < -0.4 is 10.2 Å². The summed E-state index contributed by atoms with van der Waals surface area (Å²) in [7, 11) is 3.43. The first-order valence-corrected chi connectivity index (χ1v) is 6.16. The predicted molar refractivity (Wildman–Crippen MR) is 68.8 cm³/mol. The molecule has 1 saturated heterocycles. The molecule has 1 N–H and O–H groups in total. The Morgan fingerprint density at radius 3 is 2.50 bits per heavy atom. The van der Waals surface area contributed by atoms with E-state index in [-0.39, 0.29) is 0 Å². The second-order valence-electron chi connectivity index (χ2n) is 4.83. The van der Waals surface area contributed by atoms with Crippen LogP contribution in [0, 0.1) is 11.6 Å². The van der Waals surface area contributed by atoms with E-state index in [0.29, 0.717) is 12.2 Å². The number of anilines is 1. The molecule has 0 bridgehead atoms. The molecule has 1 heterocycles. The molecule has 0 atom stereocenters. The van der Waals surface area contributed by atoms with Gasteiger partial charge in [-0.1, -0.05) is 0 Å². The average Bonchev–Trinajstić information content (AvgIpc) is 2.34. The lowest BCUT2D eigenvalue weighted by molar-refractivity contribution is 0.233. The van der Waals surface area contributed by atoms with Crippen LogP contribution in [0.5, 0.6) is 0 Å². The Kier molecular flexibility index (Phi) is 4.14. The topological polar surface area (TPSA) is 18.5 Å². The van der Waals surface area contributed by atoms with Gasteiger partial charge in [-0.15, -0.1) is 0 Å². The fourth-order valence-electron chi connectivity index (χ4n) is 2.17. The Morgan fingerprint density at radius 2 is 1.89 bits per heavy atom. The van der Waals surface area contributed by atoms with Gasteiger partial charge < -0.3 is 10.2 Å². The van der Waals surface area contributed by atoms with E-state index in [0.717, 1.165) is 31.7 Å². The summed E-state index contributed by atoms with van der Waals surface area (Å²) < 4.78 is 27.1. The highest BCUT2D eigenvalue weighted by Crippen LogP contribution is 2.23. The molecule has 1 aliphatic rings. The highest BCUT2D eigenvalue weighted by Gasteiger charge is 2.15. The Labute approximate surface area is 106 Å². The number of hydrogen-bond donors (Lipinski definition) is 1. The van der Waals surface area contributed by atoms with E-state index < -0.39 is 11.6 Å². The highest BCUT2D eigenvalue weighted by molar-refractivity contribution is 5.49. The number of benzene rings is 1. The van der Waals surface area contributed by atoms with Gasteiger partial charge in [0.2, 0.25) is 0 Å². The molecule has 18 heavy (non-hydrogen) atoms. The minimum atomic E-state index is -0.774. The number of rotatable bonds is 3. The third-order valence-corrected chi connectivity index (χ3v) is 3.17. The van der Waals surface area contributed by atoms with E-state index in [1.54, 1.807) is 25.1 Å². The molecule has 2 rings (SSSR count). The maximum absolute atomic E-state index is 13.6. The summed E-state index contributed by atoms with van der Waals surface area (Å²) >= 11 is 0. The number of piperazine rings is 1. The minimum Gasteiger partial charge on any atom is -0.375 e. The van der Waals surface area contributed by atoms with Crippen molar-refractivity contribution < 1.29 is 8.78 Å². The summed E-state index contributed by atoms with van der Waals surface area (Å²) in [5.41, 5.74) is 1.12. The fraction of sp³-hybridized carbons (Fsp3) is 0.538. The summed E-state index contributed by atoms with van der Waals surface area (Å²) in [6.45, 7) is 4.45. The van der Waals surface area contributed by atoms with Crippen LogP contribution in [0.4, 0.5) is 14.5 Å². The van der Waals surface area contributed by atoms with Crippen LogP contribution in [-0.4, -0.2) is 45.2 Å². The van der Waals surface area contributed by atoms with Crippen LogP contribution >= 0.6 is 0 Å². The summed E-state index contributed by atoms with van der Waals surface area (Å²) in [4.78, 5) is 3.84. The van der Waals surface area contributed by atoms with Gasteiger partial charge in [0.1, 0.15) is 0 Å². The molecule has 0 saturated carbocycles. The van der Waals surface area contributed by atoms with Gasteiger partial charge in [0.25, 0.3) is 0 Å². The molecule has 0 spiro atoms. The van der Waals surface area contributed by atoms with Crippen LogP contribution in [-0.2, 0) is 6.54 Å². The molecule has 5 heteroatoms. The third kappa shape index (κ3) is 2.97. The predicted octanol–water partition coefficient (Wildman–Crippen LogP) is 1.44. The molecule has 1 aromatic rings. The van der Waals surface area contributed by atoms with Crippen molar-refractivity contribution in [2.75, 3.05) is 45.2 Å². The molecular formula is C13H19F2N3. The SMILES string of the molecule is CN(C)c1cc(CN2CCNCC2)cc(F)c1F. The summed E-state index contributed by atoms with van der Waals surface area (Å²) in [5, 5.41) is 3.27. The van der Waals surface area contributed by atoms with Crippen molar-refractivity contribution in [2.24, 2.45) is 0 Å². The summed E-state index contributed by atoms with van der Waals surface area (Å²) in [5.74, 6) is -1.55. The van der Waals surface area contributed by atoms with Crippen molar-refractivity contribution in [1.29, 1.82) is 0 Å². The maximum Gasteiger partial charge on any atom is 0.182 e. The van der Waals surface area contributed by atoms with Crippen LogP contribution in [0.25, 0.3) is 0 Å². The largest absolute Gasteiger partial charge is 0.375 e. The number of nitrogens with one attached hydrogen (secondary N) is 1. The van der Waals surface area contributed by atoms with Crippen LogP contribution in [0.3, 0.4) is 0 Å². The average molecular weight is 255 g/mol. The van der Waals surface area contributed by atoms with Gasteiger partial charge in [-0.2, -0.15) is 0 Å². The van der Waals surface area contributed by atoms with Crippen molar-refractivity contribution in [3.63, 3.8) is 0 Å². The standard InChI is InChI=1S/C13H19F2N3/c1-17(2)12-8-10(7-11(14)13(12)15)9-18-5-3-16-4-6-18/h7-8,16H,3-6,9H2,1-2H3. The van der Waals surface area contributed by atoms with Gasteiger partial charge >= 0.3 is 0 Å². The second kappa shape index (κ2) is 5.63. The Hall–Kier alpha value is -1.20. The molecule has 1 fully saturated rings. The van der Waals surface area contributed by atoms with Gasteiger partial charge in [0, 0.05) is 46.8 Å². The zero-order valence-corrected chi connectivity index (χ0v) is 10.8. The Morgan fingerprint density at radius 1 is 1.22 bits per heavy atom. The lowest BCUT2D eigenvalue weighted by Gasteiger charge is -2.27. The zero-order valence-electron chi connectivity index (χ0n) is 10.8. The molecule has 0 unspecified atom stereocenters. The van der Waals surface area contributed by atoms with Crippen molar-refractivity contribution >= 4 is 5.69 Å². The zero-order chi connectivity index (χ0) is 13.1. The molecule has 3 nitrogen and oxygen atoms in total. The van der Waals surface area contributed by atoms with Gasteiger partial charge in [-0.25, -0.2) is 8.78 Å². The molecule has 0 radical (unpaired) electrons. The van der Waals surface area contributed by atoms with E-state index in [4.69, 9.17) is 0 Å². The maximum atomic E-state index is 13.6. The number of halogens is 2. The molecule has 0 aromatic heterocycles. The summed E-state index contributed by atoms with van der Waals surface area (Å²) in [6, 6.07) is 3.02. The number of nitrogens with zero attached hydrogens (tertiary/aromatic N) is 2. The van der Waals surface area contributed by atoms with E-state index in [9.17, 15) is 8.78 Å². The Bertz CT molecular complexity index is 415. The van der Waals surface area contributed by atoms with E-state index in [2.05, 4.69) is 10.2 Å². The van der Waals surface area contributed by atoms with Gasteiger partial charge in [-0.05, 0) is 17.7 Å². The first kappa shape index (κ1) is 13.2. The first-order valence-electron chi connectivity index (χ1n) is 6.16. The van der Waals surface area contributed by atoms with Crippen molar-refractivity contribution in [3.05, 3.63) is 29.3 Å². The van der Waals surface area contributed by atoms with Crippen molar-refractivity contribution in [1.82, 2.24) is 10.2 Å². The molecule has 1 aliphatic heterocycles. The van der Waals surface area contributed by atoms with Crippen LogP contribution in [0.1, 0.15) is 5.56 Å². The molecular weight excluding hydrogens is 236 g/mol. The monoisotopic (exact) mass is 255 g/mol. The van der Waals surface area contributed by atoms with Crippen molar-refractivity contribution in [2.45, 2.75) is 6.54 Å². The van der Waals surface area contributed by atoms with Crippen LogP contribution in [0.15, 0.2) is 12.1 Å². The van der Waals surface area contributed by atoms with Gasteiger partial charge in [-0.3, -0.25) is 4.90 Å². The summed E-state index contributed by atoms with van der Waals surface area (Å²) in [6.07, 6.45) is 0. The first-order chi connectivity index (χ1) is 8.58. The normalized spacial score (nSPS) is 16.9. The van der Waals surface area contributed by atoms with E-state index in [1.807, 2.05) is 0 Å². The quantitative estimate of drug-likeness (QED) is 0.881. The van der Waals surface area contributed by atoms with E-state index >= 15 is 0 Å². The van der Waals surface area contributed by atoms with Crippen LogP contribution in [0.2, 0.25) is 0 Å². The van der Waals surface area contributed by atoms with Crippen molar-refractivity contribution in [3.8, 4) is 0 Å². The molecule has 0 aliphatic carbocycles. The minimum absolute atomic E-state index is 0.306. The molecule has 1 aromatic carbocycles. The van der Waals surface area contributed by atoms with Gasteiger partial charge in [0.05, 0.1) is 5.69 Å². The lowest BCUT2D eigenvalue weighted by atomic mass is 10.1. The van der Waals surface area contributed by atoms with E-state index in [1.165, 1.54) is 6.07 Å². The number of hydrogen-bond acceptors (Lipinski definition) is 3. The Balaban J connectivity index is 2.17. The highest BCUT2D eigenvalue weighted by atomic mass is 19.2. The lowest BCUT2D eigenvalue weighted by Crippen LogP contribution is -2.42. The smallest absolute Gasteiger partial charge is 0.182 e. The van der Waals surface area contributed by atoms with Gasteiger partial charge in [0.15, 0.2) is 11.6 Å². The fourth-order valence-corrected chi connectivity index (χ4v) is 2.17.